The van der Waals surface area contributed by atoms with Gasteiger partial charge in [-0.15, -0.1) is 0 Å². The first-order chi connectivity index (χ1) is 12.5. The van der Waals surface area contributed by atoms with Gasteiger partial charge in [0.25, 0.3) is 5.91 Å². The molecule has 26 heavy (non-hydrogen) atoms. The van der Waals surface area contributed by atoms with Gasteiger partial charge in [-0.1, -0.05) is 29.3 Å². The van der Waals surface area contributed by atoms with Crippen molar-refractivity contribution in [2.75, 3.05) is 27.4 Å². The quantitative estimate of drug-likeness (QED) is 0.712. The maximum atomic E-state index is 12.1. The Bertz CT molecular complexity index is 747. The average Bonchev–Trinajstić information content (AvgIpc) is 2.66. The topological polar surface area (TPSA) is 77.0 Å². The summed E-state index contributed by atoms with van der Waals surface area (Å²) in [5.74, 6) is 0.970. The molecular formula is C18H19Cl2NO5. The van der Waals surface area contributed by atoms with Crippen LogP contribution < -0.4 is 19.5 Å². The molecule has 2 aromatic rings. The van der Waals surface area contributed by atoms with Crippen molar-refractivity contribution in [3.8, 4) is 17.2 Å². The summed E-state index contributed by atoms with van der Waals surface area (Å²) < 4.78 is 16.0. The summed E-state index contributed by atoms with van der Waals surface area (Å²) >= 11 is 11.7. The minimum Gasteiger partial charge on any atom is -0.493 e. The van der Waals surface area contributed by atoms with Gasteiger partial charge in [-0.05, 0) is 30.3 Å². The molecule has 1 unspecified atom stereocenters. The lowest BCUT2D eigenvalue weighted by Crippen LogP contribution is -2.35. The number of aliphatic hydroxyl groups is 1. The van der Waals surface area contributed by atoms with Crippen molar-refractivity contribution in [1.29, 1.82) is 0 Å². The van der Waals surface area contributed by atoms with Gasteiger partial charge < -0.3 is 24.6 Å². The van der Waals surface area contributed by atoms with Crippen LogP contribution >= 0.6 is 23.2 Å². The molecular weight excluding hydrogens is 381 g/mol. The van der Waals surface area contributed by atoms with Gasteiger partial charge in [-0.25, -0.2) is 0 Å². The molecule has 0 heterocycles. The van der Waals surface area contributed by atoms with E-state index in [0.29, 0.717) is 27.8 Å². The number of para-hydroxylation sites is 1. The summed E-state index contributed by atoms with van der Waals surface area (Å²) in [7, 11) is 3.02. The number of nitrogens with one attached hydrogen (secondary N) is 1. The molecule has 0 spiro atoms. The molecule has 0 saturated heterocycles. The number of benzene rings is 2. The van der Waals surface area contributed by atoms with Gasteiger partial charge in [0.15, 0.2) is 11.5 Å². The molecule has 0 bridgehead atoms. The second kappa shape index (κ2) is 9.52. The molecule has 8 heteroatoms. The highest BCUT2D eigenvalue weighted by Gasteiger charge is 2.15. The molecule has 0 aliphatic rings. The number of hydrogen-bond acceptors (Lipinski definition) is 5. The highest BCUT2D eigenvalue weighted by molar-refractivity contribution is 6.42. The number of methoxy groups -OCH3 is 2. The minimum absolute atomic E-state index is 0.00343. The third-order valence-corrected chi connectivity index (χ3v) is 4.22. The third-order valence-electron chi connectivity index (χ3n) is 3.48. The molecule has 1 amide bonds. The fourth-order valence-corrected chi connectivity index (χ4v) is 2.45. The van der Waals surface area contributed by atoms with E-state index in [1.807, 2.05) is 0 Å². The summed E-state index contributed by atoms with van der Waals surface area (Å²) in [6, 6.07) is 9.74. The van der Waals surface area contributed by atoms with E-state index in [-0.39, 0.29) is 24.1 Å². The van der Waals surface area contributed by atoms with Crippen molar-refractivity contribution in [1.82, 2.24) is 5.32 Å². The second-order valence-electron chi connectivity index (χ2n) is 5.30. The van der Waals surface area contributed by atoms with Gasteiger partial charge >= 0.3 is 0 Å². The standard InChI is InChI=1S/C18H19Cl2NO5/c1-24-15-4-3-5-16(25-2)17(15)26-10-12(22)9-21-18(23)11-6-7-13(19)14(20)8-11/h3-8,12,22H,9-10H2,1-2H3,(H,21,23). The Balaban J connectivity index is 1.90. The molecule has 0 radical (unpaired) electrons. The van der Waals surface area contributed by atoms with E-state index in [1.54, 1.807) is 24.3 Å². The largest absolute Gasteiger partial charge is 0.493 e. The molecule has 2 aromatic carbocycles. The molecule has 1 atom stereocenters. The first kappa shape index (κ1) is 20.2. The van der Waals surface area contributed by atoms with Gasteiger partial charge in [0.05, 0.1) is 24.3 Å². The maximum Gasteiger partial charge on any atom is 0.251 e. The Kier molecular flexibility index (Phi) is 7.38. The van der Waals surface area contributed by atoms with E-state index in [1.165, 1.54) is 26.4 Å². The summed E-state index contributed by atoms with van der Waals surface area (Å²) in [6.45, 7) is -0.0606. The van der Waals surface area contributed by atoms with Crippen molar-refractivity contribution < 1.29 is 24.1 Å². The highest BCUT2D eigenvalue weighted by atomic mass is 35.5. The number of aliphatic hydroxyl groups excluding tert-OH is 1. The molecule has 0 aliphatic heterocycles. The SMILES string of the molecule is COc1cccc(OC)c1OCC(O)CNC(=O)c1ccc(Cl)c(Cl)c1. The van der Waals surface area contributed by atoms with E-state index in [9.17, 15) is 9.90 Å². The van der Waals surface area contributed by atoms with Crippen molar-refractivity contribution >= 4 is 29.1 Å². The van der Waals surface area contributed by atoms with Crippen LogP contribution in [0.4, 0.5) is 0 Å². The predicted molar refractivity (Wildman–Crippen MR) is 99.8 cm³/mol. The molecule has 140 valence electrons. The Labute approximate surface area is 161 Å². The minimum atomic E-state index is -0.934. The Morgan fingerprint density at radius 2 is 1.77 bits per heavy atom. The fraction of sp³-hybridized carbons (Fsp3) is 0.278. The lowest BCUT2D eigenvalue weighted by molar-refractivity contribution is 0.0833. The van der Waals surface area contributed by atoms with Crippen LogP contribution in [0.5, 0.6) is 17.2 Å². The second-order valence-corrected chi connectivity index (χ2v) is 6.11. The van der Waals surface area contributed by atoms with Gasteiger partial charge in [0.1, 0.15) is 12.7 Å². The van der Waals surface area contributed by atoms with E-state index in [4.69, 9.17) is 37.4 Å². The van der Waals surface area contributed by atoms with E-state index in [2.05, 4.69) is 5.32 Å². The summed E-state index contributed by atoms with van der Waals surface area (Å²) in [6.07, 6.45) is -0.934. The molecule has 6 nitrogen and oxygen atoms in total. The highest BCUT2D eigenvalue weighted by Crippen LogP contribution is 2.36. The number of hydrogen-bond donors (Lipinski definition) is 2. The van der Waals surface area contributed by atoms with Crippen LogP contribution in [-0.2, 0) is 0 Å². The Hall–Kier alpha value is -2.15. The van der Waals surface area contributed by atoms with Crippen LogP contribution in [0, 0.1) is 0 Å². The zero-order valence-electron chi connectivity index (χ0n) is 14.3. The van der Waals surface area contributed by atoms with Crippen molar-refractivity contribution in [3.63, 3.8) is 0 Å². The van der Waals surface area contributed by atoms with Crippen LogP contribution in [0.25, 0.3) is 0 Å². The van der Waals surface area contributed by atoms with Crippen molar-refractivity contribution in [3.05, 3.63) is 52.0 Å². The van der Waals surface area contributed by atoms with Crippen molar-refractivity contribution in [2.45, 2.75) is 6.10 Å². The van der Waals surface area contributed by atoms with Crippen LogP contribution in [0.15, 0.2) is 36.4 Å². The number of carbonyl (C=O) groups is 1. The Morgan fingerprint density at radius 1 is 1.12 bits per heavy atom. The van der Waals surface area contributed by atoms with Gasteiger partial charge in [0.2, 0.25) is 5.75 Å². The Morgan fingerprint density at radius 3 is 2.35 bits per heavy atom. The summed E-state index contributed by atoms with van der Waals surface area (Å²) in [5.41, 5.74) is 0.346. The maximum absolute atomic E-state index is 12.1. The zero-order chi connectivity index (χ0) is 19.1. The first-order valence-electron chi connectivity index (χ1n) is 7.71. The number of rotatable bonds is 8. The lowest BCUT2D eigenvalue weighted by Gasteiger charge is -2.17. The van der Waals surface area contributed by atoms with Crippen LogP contribution in [0.1, 0.15) is 10.4 Å². The smallest absolute Gasteiger partial charge is 0.251 e. The summed E-state index contributed by atoms with van der Waals surface area (Å²) in [5, 5.41) is 13.3. The third kappa shape index (κ3) is 5.17. The number of amides is 1. The van der Waals surface area contributed by atoms with Gasteiger partial charge in [-0.3, -0.25) is 4.79 Å². The van der Waals surface area contributed by atoms with Gasteiger partial charge in [0, 0.05) is 12.1 Å². The first-order valence-corrected chi connectivity index (χ1v) is 8.47. The molecule has 2 rings (SSSR count). The molecule has 0 aromatic heterocycles. The predicted octanol–water partition coefficient (Wildman–Crippen LogP) is 3.18. The number of halogens is 2. The normalized spacial score (nSPS) is 11.6. The van der Waals surface area contributed by atoms with Crippen molar-refractivity contribution in [2.24, 2.45) is 0 Å². The molecule has 0 saturated carbocycles. The van der Waals surface area contributed by atoms with Crippen LogP contribution in [0.3, 0.4) is 0 Å². The van der Waals surface area contributed by atoms with E-state index >= 15 is 0 Å². The zero-order valence-corrected chi connectivity index (χ0v) is 15.8. The summed E-state index contributed by atoms with van der Waals surface area (Å²) in [4.78, 5) is 12.1. The monoisotopic (exact) mass is 399 g/mol. The molecule has 2 N–H and O–H groups in total. The lowest BCUT2D eigenvalue weighted by atomic mass is 10.2. The van der Waals surface area contributed by atoms with Crippen LogP contribution in [-0.4, -0.2) is 44.5 Å². The number of carbonyl (C=O) groups excluding carboxylic acids is 1. The van der Waals surface area contributed by atoms with E-state index < -0.39 is 6.10 Å². The molecule has 0 fully saturated rings. The van der Waals surface area contributed by atoms with Crippen LogP contribution in [0.2, 0.25) is 10.0 Å². The van der Waals surface area contributed by atoms with Gasteiger partial charge in [-0.2, -0.15) is 0 Å². The van der Waals surface area contributed by atoms with E-state index in [0.717, 1.165) is 0 Å². The fourth-order valence-electron chi connectivity index (χ4n) is 2.15. The average molecular weight is 400 g/mol. The number of ether oxygens (including phenoxy) is 3. The molecule has 0 aliphatic carbocycles.